The molecule has 7 heteroatoms. The Balaban J connectivity index is 0.00000220. The molecule has 0 spiro atoms. The number of piperidine rings is 1. The van der Waals surface area contributed by atoms with E-state index in [1.54, 1.807) is 0 Å². The van der Waals surface area contributed by atoms with Crippen LogP contribution >= 0.6 is 12.4 Å². The van der Waals surface area contributed by atoms with Gasteiger partial charge >= 0.3 is 0 Å². The summed E-state index contributed by atoms with van der Waals surface area (Å²) >= 11 is 0. The Morgan fingerprint density at radius 3 is 2.29 bits per heavy atom. The molecule has 2 fully saturated rings. The first-order chi connectivity index (χ1) is 9.48. The zero-order valence-corrected chi connectivity index (χ0v) is 13.1. The highest BCUT2D eigenvalue weighted by molar-refractivity contribution is 5.85. The molecule has 1 aliphatic carbocycles. The number of hydrogen-bond acceptors (Lipinski definition) is 3. The number of nitrogens with one attached hydrogen (secondary N) is 1. The molecule has 0 aromatic rings. The van der Waals surface area contributed by atoms with Crippen molar-refractivity contribution in [2.24, 2.45) is 11.7 Å². The van der Waals surface area contributed by atoms with Crippen LogP contribution in [0.25, 0.3) is 0 Å². The van der Waals surface area contributed by atoms with E-state index in [4.69, 9.17) is 5.73 Å². The van der Waals surface area contributed by atoms with Crippen molar-refractivity contribution in [3.8, 4) is 0 Å². The number of alkyl halides is 2. The molecule has 0 atom stereocenters. The fourth-order valence-electron chi connectivity index (χ4n) is 3.04. The van der Waals surface area contributed by atoms with Crippen LogP contribution in [0.4, 0.5) is 8.78 Å². The minimum absolute atomic E-state index is 0. The maximum absolute atomic E-state index is 13.0. The molecule has 0 unspecified atom stereocenters. The van der Waals surface area contributed by atoms with Gasteiger partial charge in [0.15, 0.2) is 0 Å². The van der Waals surface area contributed by atoms with Gasteiger partial charge in [0.25, 0.3) is 0 Å². The summed E-state index contributed by atoms with van der Waals surface area (Å²) in [5.74, 6) is -1.99. The van der Waals surface area contributed by atoms with E-state index in [0.29, 0.717) is 25.3 Å². The lowest BCUT2D eigenvalue weighted by Crippen LogP contribution is -2.46. The quantitative estimate of drug-likeness (QED) is 0.828. The van der Waals surface area contributed by atoms with E-state index < -0.39 is 5.92 Å². The van der Waals surface area contributed by atoms with Crippen LogP contribution in [0.5, 0.6) is 0 Å². The zero-order valence-electron chi connectivity index (χ0n) is 12.3. The second-order valence-electron chi connectivity index (χ2n) is 6.15. The van der Waals surface area contributed by atoms with Gasteiger partial charge in [-0.2, -0.15) is 0 Å². The molecule has 0 aromatic heterocycles. The lowest BCUT2D eigenvalue weighted by molar-refractivity contribution is -0.124. The SMILES string of the molecule is Cl.NCC1CCN(CC(=O)NC2CCC(F)(F)CC2)CC1. The van der Waals surface area contributed by atoms with E-state index in [-0.39, 0.29) is 37.2 Å². The Hall–Kier alpha value is -0.460. The molecule has 1 saturated carbocycles. The van der Waals surface area contributed by atoms with Crippen LogP contribution < -0.4 is 11.1 Å². The van der Waals surface area contributed by atoms with Crippen molar-refractivity contribution in [2.45, 2.75) is 50.5 Å². The Morgan fingerprint density at radius 1 is 1.19 bits per heavy atom. The van der Waals surface area contributed by atoms with Crippen molar-refractivity contribution in [2.75, 3.05) is 26.2 Å². The van der Waals surface area contributed by atoms with Crippen LogP contribution in [-0.2, 0) is 4.79 Å². The largest absolute Gasteiger partial charge is 0.352 e. The number of likely N-dealkylation sites (tertiary alicyclic amines) is 1. The molecule has 0 radical (unpaired) electrons. The molecule has 124 valence electrons. The number of hydrogen-bond donors (Lipinski definition) is 2. The van der Waals surface area contributed by atoms with Crippen molar-refractivity contribution in [3.63, 3.8) is 0 Å². The Labute approximate surface area is 131 Å². The van der Waals surface area contributed by atoms with Gasteiger partial charge in [-0.25, -0.2) is 8.78 Å². The number of halogens is 3. The van der Waals surface area contributed by atoms with Gasteiger partial charge < -0.3 is 11.1 Å². The van der Waals surface area contributed by atoms with E-state index >= 15 is 0 Å². The summed E-state index contributed by atoms with van der Waals surface area (Å²) in [5.41, 5.74) is 5.64. The fraction of sp³-hybridized carbons (Fsp3) is 0.929. The summed E-state index contributed by atoms with van der Waals surface area (Å²) in [6.07, 6.45) is 2.63. The Kier molecular flexibility index (Phi) is 7.30. The first-order valence-corrected chi connectivity index (χ1v) is 7.58. The van der Waals surface area contributed by atoms with Crippen LogP contribution in [0.1, 0.15) is 38.5 Å². The summed E-state index contributed by atoms with van der Waals surface area (Å²) in [5, 5.41) is 2.89. The molecule has 3 N–H and O–H groups in total. The standard InChI is InChI=1S/C14H25F2N3O.ClH/c15-14(16)5-1-12(2-6-14)18-13(20)10-19-7-3-11(9-17)4-8-19;/h11-12H,1-10,17H2,(H,18,20);1H. The van der Waals surface area contributed by atoms with Gasteiger partial charge in [0.05, 0.1) is 6.54 Å². The zero-order chi connectivity index (χ0) is 14.6. The van der Waals surface area contributed by atoms with Crippen molar-refractivity contribution < 1.29 is 13.6 Å². The van der Waals surface area contributed by atoms with E-state index in [2.05, 4.69) is 10.2 Å². The predicted molar refractivity (Wildman–Crippen MR) is 80.8 cm³/mol. The molecule has 1 saturated heterocycles. The van der Waals surface area contributed by atoms with Crippen molar-refractivity contribution in [1.82, 2.24) is 10.2 Å². The molecule has 1 aliphatic heterocycles. The monoisotopic (exact) mass is 325 g/mol. The van der Waals surface area contributed by atoms with Gasteiger partial charge in [0, 0.05) is 18.9 Å². The highest BCUT2D eigenvalue weighted by atomic mass is 35.5. The summed E-state index contributed by atoms with van der Waals surface area (Å²) < 4.78 is 26.1. The van der Waals surface area contributed by atoms with Crippen LogP contribution in [0.3, 0.4) is 0 Å². The van der Waals surface area contributed by atoms with Crippen LogP contribution in [0.15, 0.2) is 0 Å². The number of nitrogens with zero attached hydrogens (tertiary/aromatic N) is 1. The maximum atomic E-state index is 13.0. The van der Waals surface area contributed by atoms with Gasteiger partial charge in [-0.05, 0) is 51.2 Å². The van der Waals surface area contributed by atoms with Crippen molar-refractivity contribution >= 4 is 18.3 Å². The molecule has 21 heavy (non-hydrogen) atoms. The maximum Gasteiger partial charge on any atom is 0.248 e. The van der Waals surface area contributed by atoms with E-state index in [0.717, 1.165) is 32.5 Å². The molecule has 1 amide bonds. The molecule has 0 bridgehead atoms. The highest BCUT2D eigenvalue weighted by Gasteiger charge is 2.35. The molecule has 2 aliphatic rings. The number of carbonyl (C=O) groups excluding carboxylic acids is 1. The molecule has 4 nitrogen and oxygen atoms in total. The first kappa shape index (κ1) is 18.6. The van der Waals surface area contributed by atoms with Crippen LogP contribution in [0, 0.1) is 5.92 Å². The third kappa shape index (κ3) is 6.04. The minimum Gasteiger partial charge on any atom is -0.352 e. The van der Waals surface area contributed by atoms with E-state index in [1.165, 1.54) is 0 Å². The van der Waals surface area contributed by atoms with E-state index in [9.17, 15) is 13.6 Å². The van der Waals surface area contributed by atoms with Gasteiger partial charge in [-0.1, -0.05) is 0 Å². The Morgan fingerprint density at radius 2 is 1.76 bits per heavy atom. The van der Waals surface area contributed by atoms with Gasteiger partial charge in [-0.15, -0.1) is 12.4 Å². The average molecular weight is 326 g/mol. The first-order valence-electron chi connectivity index (χ1n) is 7.58. The smallest absolute Gasteiger partial charge is 0.248 e. The summed E-state index contributed by atoms with van der Waals surface area (Å²) in [7, 11) is 0. The second-order valence-corrected chi connectivity index (χ2v) is 6.15. The van der Waals surface area contributed by atoms with Crippen molar-refractivity contribution in [1.29, 1.82) is 0 Å². The minimum atomic E-state index is -2.54. The Bertz CT molecular complexity index is 326. The molecular weight excluding hydrogens is 300 g/mol. The highest BCUT2D eigenvalue weighted by Crippen LogP contribution is 2.32. The number of rotatable bonds is 4. The van der Waals surface area contributed by atoms with Crippen LogP contribution in [0.2, 0.25) is 0 Å². The third-order valence-corrected chi connectivity index (χ3v) is 4.49. The van der Waals surface area contributed by atoms with Crippen LogP contribution in [-0.4, -0.2) is 49.0 Å². The lowest BCUT2D eigenvalue weighted by Gasteiger charge is -2.32. The average Bonchev–Trinajstić information content (AvgIpc) is 2.42. The fourth-order valence-corrected chi connectivity index (χ4v) is 3.04. The van der Waals surface area contributed by atoms with Gasteiger partial charge in [0.2, 0.25) is 11.8 Å². The predicted octanol–water partition coefficient (Wildman–Crippen LogP) is 1.77. The second kappa shape index (κ2) is 8.25. The van der Waals surface area contributed by atoms with Gasteiger partial charge in [0.1, 0.15) is 0 Å². The summed E-state index contributed by atoms with van der Waals surface area (Å²) in [4.78, 5) is 14.1. The molecule has 1 heterocycles. The molecule has 0 aromatic carbocycles. The lowest BCUT2D eigenvalue weighted by atomic mass is 9.92. The third-order valence-electron chi connectivity index (χ3n) is 4.49. The topological polar surface area (TPSA) is 58.4 Å². The normalized spacial score (nSPS) is 24.3. The summed E-state index contributed by atoms with van der Waals surface area (Å²) in [6.45, 7) is 2.90. The molecule has 2 rings (SSSR count). The number of nitrogens with two attached hydrogens (primary N) is 1. The molecular formula is C14H26ClF2N3O. The van der Waals surface area contributed by atoms with Gasteiger partial charge in [-0.3, -0.25) is 9.69 Å². The van der Waals surface area contributed by atoms with Crippen molar-refractivity contribution in [3.05, 3.63) is 0 Å². The summed E-state index contributed by atoms with van der Waals surface area (Å²) in [6, 6.07) is -0.0799. The number of carbonyl (C=O) groups is 1. The van der Waals surface area contributed by atoms with E-state index in [1.807, 2.05) is 0 Å². The number of amides is 1.